The van der Waals surface area contributed by atoms with E-state index in [9.17, 15) is 39.3 Å². The summed E-state index contributed by atoms with van der Waals surface area (Å²) in [5.41, 5.74) is 6.23. The number of hydrogen-bond acceptors (Lipinski definition) is 9. The third-order valence-corrected chi connectivity index (χ3v) is 5.95. The molecule has 9 N–H and O–H groups in total. The first-order valence-corrected chi connectivity index (χ1v) is 12.8. The van der Waals surface area contributed by atoms with Crippen LogP contribution in [0.5, 0.6) is 5.75 Å². The maximum Gasteiger partial charge on any atom is 0.326 e. The Balaban J connectivity index is 2.93. The van der Waals surface area contributed by atoms with E-state index < -0.39 is 59.9 Å². The second-order valence-corrected chi connectivity index (χ2v) is 9.36. The molecule has 0 heterocycles. The summed E-state index contributed by atoms with van der Waals surface area (Å²) >= 11 is 1.39. The predicted molar refractivity (Wildman–Crippen MR) is 135 cm³/mol. The van der Waals surface area contributed by atoms with E-state index in [-0.39, 0.29) is 31.4 Å². The van der Waals surface area contributed by atoms with Gasteiger partial charge in [-0.1, -0.05) is 12.1 Å². The summed E-state index contributed by atoms with van der Waals surface area (Å²) in [5, 5.41) is 44.9. The number of phenols is 1. The number of aromatic hydroxyl groups is 1. The van der Waals surface area contributed by atoms with E-state index in [0.29, 0.717) is 11.3 Å². The van der Waals surface area contributed by atoms with Crippen molar-refractivity contribution in [2.75, 3.05) is 12.0 Å². The van der Waals surface area contributed by atoms with E-state index in [1.807, 2.05) is 0 Å². The topological polar surface area (TPSA) is 228 Å². The quantitative estimate of drug-likeness (QED) is 0.124. The number of thioether (sulfide) groups is 1. The SMILES string of the molecule is CSCCC(NC(=O)C(N)CCC(=O)O)C(=O)NC(C(=O)NC(Cc1ccc(O)cc1)C(=O)O)C(C)O. The molecule has 0 spiro atoms. The number of aliphatic carboxylic acids is 2. The standard InChI is InChI=1S/C23H34N4O9S/c1-12(28)19(22(34)26-17(23(35)36)11-13-3-5-14(29)6-4-13)27-21(33)16(9-10-37-2)25-20(32)15(24)7-8-18(30)31/h3-6,12,15-17,19,28-29H,7-11,24H2,1-2H3,(H,25,32)(H,26,34)(H,27,33)(H,30,31)(H,35,36). The normalized spacial score (nSPS) is 14.9. The number of carbonyl (C=O) groups is 5. The van der Waals surface area contributed by atoms with Gasteiger partial charge in [0.05, 0.1) is 12.1 Å². The Morgan fingerprint density at radius 3 is 2.03 bits per heavy atom. The molecule has 1 aromatic rings. The number of carboxylic acid groups (broad SMARTS) is 2. The molecule has 13 nitrogen and oxygen atoms in total. The molecule has 0 aliphatic rings. The third-order valence-electron chi connectivity index (χ3n) is 5.30. The van der Waals surface area contributed by atoms with Gasteiger partial charge in [0.2, 0.25) is 17.7 Å². The molecule has 0 saturated heterocycles. The van der Waals surface area contributed by atoms with Gasteiger partial charge in [-0.25, -0.2) is 4.79 Å². The van der Waals surface area contributed by atoms with E-state index in [2.05, 4.69) is 16.0 Å². The molecular formula is C23H34N4O9S. The van der Waals surface area contributed by atoms with Crippen molar-refractivity contribution in [2.45, 2.75) is 62.9 Å². The van der Waals surface area contributed by atoms with Crippen LogP contribution in [0.2, 0.25) is 0 Å². The molecular weight excluding hydrogens is 508 g/mol. The van der Waals surface area contributed by atoms with Gasteiger partial charge >= 0.3 is 11.9 Å². The average Bonchev–Trinajstić information content (AvgIpc) is 2.83. The molecule has 0 aliphatic heterocycles. The number of amides is 3. The molecule has 0 aromatic heterocycles. The molecule has 0 bridgehead atoms. The number of nitrogens with one attached hydrogen (secondary N) is 3. The van der Waals surface area contributed by atoms with Crippen LogP contribution in [-0.4, -0.2) is 92.4 Å². The molecule has 0 radical (unpaired) electrons. The van der Waals surface area contributed by atoms with Gasteiger partial charge in [-0.05, 0) is 49.5 Å². The van der Waals surface area contributed by atoms with Crippen molar-refractivity contribution in [3.8, 4) is 5.75 Å². The fourth-order valence-electron chi connectivity index (χ4n) is 3.18. The Bertz CT molecular complexity index is 943. The van der Waals surface area contributed by atoms with Crippen LogP contribution in [0.15, 0.2) is 24.3 Å². The predicted octanol–water partition coefficient (Wildman–Crippen LogP) is -1.20. The maximum absolute atomic E-state index is 12.9. The van der Waals surface area contributed by atoms with Gasteiger partial charge in [0.25, 0.3) is 0 Å². The summed E-state index contributed by atoms with van der Waals surface area (Å²) in [6.07, 6.45) is -0.0907. The number of aliphatic hydroxyl groups is 1. The van der Waals surface area contributed by atoms with Crippen molar-refractivity contribution in [3.05, 3.63) is 29.8 Å². The van der Waals surface area contributed by atoms with Crippen LogP contribution in [0, 0.1) is 0 Å². The number of carbonyl (C=O) groups excluding carboxylic acids is 3. The van der Waals surface area contributed by atoms with Gasteiger partial charge in [0.15, 0.2) is 0 Å². The van der Waals surface area contributed by atoms with Crippen LogP contribution in [-0.2, 0) is 30.4 Å². The van der Waals surface area contributed by atoms with Gasteiger partial charge < -0.3 is 42.1 Å². The highest BCUT2D eigenvalue weighted by molar-refractivity contribution is 7.98. The Labute approximate surface area is 218 Å². The van der Waals surface area contributed by atoms with Crippen molar-refractivity contribution >= 4 is 41.4 Å². The summed E-state index contributed by atoms with van der Waals surface area (Å²) in [6, 6.07) is 0.469. The number of rotatable bonds is 16. The van der Waals surface area contributed by atoms with E-state index in [0.717, 1.165) is 0 Å². The zero-order valence-electron chi connectivity index (χ0n) is 20.5. The van der Waals surface area contributed by atoms with Crippen molar-refractivity contribution in [3.63, 3.8) is 0 Å². The highest BCUT2D eigenvalue weighted by atomic mass is 32.2. The Hall–Kier alpha value is -3.36. The second-order valence-electron chi connectivity index (χ2n) is 8.38. The Kier molecular flexibility index (Phi) is 13.4. The molecule has 206 valence electrons. The average molecular weight is 543 g/mol. The van der Waals surface area contributed by atoms with E-state index in [4.69, 9.17) is 10.8 Å². The molecule has 0 saturated carbocycles. The van der Waals surface area contributed by atoms with Gasteiger partial charge in [-0.15, -0.1) is 0 Å². The number of hydrogen-bond donors (Lipinski definition) is 8. The minimum atomic E-state index is -1.54. The molecule has 3 amide bonds. The fourth-order valence-corrected chi connectivity index (χ4v) is 3.65. The lowest BCUT2D eigenvalue weighted by Gasteiger charge is -2.26. The van der Waals surface area contributed by atoms with Crippen molar-refractivity contribution < 1.29 is 44.4 Å². The van der Waals surface area contributed by atoms with Gasteiger partial charge in [0, 0.05) is 12.8 Å². The van der Waals surface area contributed by atoms with Crippen LogP contribution in [0.4, 0.5) is 0 Å². The smallest absolute Gasteiger partial charge is 0.326 e. The Morgan fingerprint density at radius 2 is 1.51 bits per heavy atom. The minimum Gasteiger partial charge on any atom is -0.508 e. The number of aliphatic hydroxyl groups excluding tert-OH is 1. The first-order valence-electron chi connectivity index (χ1n) is 11.4. The molecule has 0 fully saturated rings. The van der Waals surface area contributed by atoms with Crippen LogP contribution in [0.25, 0.3) is 0 Å². The minimum absolute atomic E-state index is 0.0116. The number of carboxylic acids is 2. The fraction of sp³-hybridized carbons (Fsp3) is 0.522. The van der Waals surface area contributed by atoms with Crippen LogP contribution < -0.4 is 21.7 Å². The summed E-state index contributed by atoms with van der Waals surface area (Å²) in [4.78, 5) is 60.6. The summed E-state index contributed by atoms with van der Waals surface area (Å²) in [7, 11) is 0. The lowest BCUT2D eigenvalue weighted by molar-refractivity contribution is -0.143. The van der Waals surface area contributed by atoms with Crippen molar-refractivity contribution in [2.24, 2.45) is 5.73 Å². The van der Waals surface area contributed by atoms with Crippen molar-refractivity contribution in [1.29, 1.82) is 0 Å². The highest BCUT2D eigenvalue weighted by Gasteiger charge is 2.32. The molecule has 37 heavy (non-hydrogen) atoms. The lowest BCUT2D eigenvalue weighted by Crippen LogP contribution is -2.60. The zero-order chi connectivity index (χ0) is 28.1. The van der Waals surface area contributed by atoms with Crippen LogP contribution >= 0.6 is 11.8 Å². The monoisotopic (exact) mass is 542 g/mol. The Morgan fingerprint density at radius 1 is 0.919 bits per heavy atom. The number of nitrogens with two attached hydrogens (primary N) is 1. The lowest BCUT2D eigenvalue weighted by atomic mass is 10.0. The van der Waals surface area contributed by atoms with Crippen LogP contribution in [0.3, 0.4) is 0 Å². The molecule has 5 unspecified atom stereocenters. The second kappa shape index (κ2) is 15.7. The zero-order valence-corrected chi connectivity index (χ0v) is 21.4. The molecule has 1 rings (SSSR count). The highest BCUT2D eigenvalue weighted by Crippen LogP contribution is 2.12. The first kappa shape index (κ1) is 31.7. The third kappa shape index (κ3) is 11.5. The summed E-state index contributed by atoms with van der Waals surface area (Å²) < 4.78 is 0. The van der Waals surface area contributed by atoms with E-state index in [1.54, 1.807) is 6.26 Å². The molecule has 5 atom stereocenters. The number of phenolic OH excluding ortho intramolecular Hbond substituents is 1. The van der Waals surface area contributed by atoms with Crippen LogP contribution in [0.1, 0.15) is 31.7 Å². The summed E-state index contributed by atoms with van der Waals surface area (Å²) in [6.45, 7) is 1.23. The van der Waals surface area contributed by atoms with Gasteiger partial charge in [-0.2, -0.15) is 11.8 Å². The van der Waals surface area contributed by atoms with Gasteiger partial charge in [0.1, 0.15) is 23.9 Å². The maximum atomic E-state index is 12.9. The van der Waals surface area contributed by atoms with E-state index >= 15 is 0 Å². The first-order chi connectivity index (χ1) is 17.3. The molecule has 14 heteroatoms. The van der Waals surface area contributed by atoms with E-state index in [1.165, 1.54) is 43.0 Å². The van der Waals surface area contributed by atoms with Gasteiger partial charge in [-0.3, -0.25) is 19.2 Å². The largest absolute Gasteiger partial charge is 0.508 e. The number of benzene rings is 1. The van der Waals surface area contributed by atoms with Crippen molar-refractivity contribution in [1.82, 2.24) is 16.0 Å². The summed E-state index contributed by atoms with van der Waals surface area (Å²) in [5.74, 6) is -4.56. The molecule has 1 aromatic carbocycles. The molecule has 0 aliphatic carbocycles.